The van der Waals surface area contributed by atoms with Crippen LogP contribution in [0, 0.1) is 0 Å². The zero-order chi connectivity index (χ0) is 13.1. The monoisotopic (exact) mass is 391 g/mol. The van der Waals surface area contributed by atoms with E-state index in [-0.39, 0.29) is 11.7 Å². The Balaban J connectivity index is 2.17. The lowest BCUT2D eigenvalue weighted by atomic mass is 10.2. The smallest absolute Gasteiger partial charge is 0.236 e. The highest BCUT2D eigenvalue weighted by Crippen LogP contribution is 2.30. The molecule has 0 unspecified atom stereocenters. The number of phenolic OH excluding ortho intramolecular Hbond substituents is 1. The Morgan fingerprint density at radius 3 is 2.89 bits per heavy atom. The van der Waals surface area contributed by atoms with E-state index in [9.17, 15) is 9.90 Å². The van der Waals surface area contributed by atoms with Crippen molar-refractivity contribution in [1.82, 2.24) is 5.32 Å². The van der Waals surface area contributed by atoms with Gasteiger partial charge in [0.05, 0.1) is 16.4 Å². The maximum absolute atomic E-state index is 10.9. The fourth-order valence-corrected chi connectivity index (χ4v) is 3.10. The summed E-state index contributed by atoms with van der Waals surface area (Å²) in [6, 6.07) is 3.44. The van der Waals surface area contributed by atoms with Crippen LogP contribution in [0.2, 0.25) is 0 Å². The van der Waals surface area contributed by atoms with Crippen LogP contribution in [-0.4, -0.2) is 28.1 Å². The lowest BCUT2D eigenvalue weighted by Gasteiger charge is -2.01. The van der Waals surface area contributed by atoms with E-state index in [0.717, 1.165) is 4.47 Å². The van der Waals surface area contributed by atoms with E-state index in [1.165, 1.54) is 18.0 Å². The van der Waals surface area contributed by atoms with Crippen molar-refractivity contribution in [3.8, 4) is 5.75 Å². The van der Waals surface area contributed by atoms with E-state index in [2.05, 4.69) is 47.4 Å². The van der Waals surface area contributed by atoms with E-state index in [0.29, 0.717) is 21.0 Å². The molecule has 5 nitrogen and oxygen atoms in total. The van der Waals surface area contributed by atoms with Crippen LogP contribution in [0.4, 0.5) is 0 Å². The zero-order valence-electron chi connectivity index (χ0n) is 8.85. The highest BCUT2D eigenvalue weighted by Gasteiger charge is 2.16. The maximum Gasteiger partial charge on any atom is 0.236 e. The Morgan fingerprint density at radius 2 is 2.22 bits per heavy atom. The van der Waals surface area contributed by atoms with Crippen molar-refractivity contribution < 1.29 is 9.90 Å². The second-order valence-electron chi connectivity index (χ2n) is 3.31. The molecule has 1 fully saturated rings. The van der Waals surface area contributed by atoms with Gasteiger partial charge in [0, 0.05) is 10.0 Å². The van der Waals surface area contributed by atoms with Crippen LogP contribution in [-0.2, 0) is 4.79 Å². The first-order valence-corrected chi connectivity index (χ1v) is 7.35. The van der Waals surface area contributed by atoms with Crippen LogP contribution in [0.15, 0.2) is 31.3 Å². The number of phenols is 1. The summed E-state index contributed by atoms with van der Waals surface area (Å²) < 4.78 is 1.37. The lowest BCUT2D eigenvalue weighted by molar-refractivity contribution is -0.116. The topological polar surface area (TPSA) is 74.0 Å². The number of thioether (sulfide) groups is 1. The number of amides is 1. The van der Waals surface area contributed by atoms with Gasteiger partial charge in [-0.3, -0.25) is 4.79 Å². The third-order valence-electron chi connectivity index (χ3n) is 1.99. The number of aromatic hydroxyl groups is 1. The number of carbonyl (C=O) groups is 1. The third kappa shape index (κ3) is 3.33. The highest BCUT2D eigenvalue weighted by atomic mass is 79.9. The van der Waals surface area contributed by atoms with Gasteiger partial charge in [0.15, 0.2) is 5.17 Å². The Kier molecular flexibility index (Phi) is 4.41. The second-order valence-corrected chi connectivity index (χ2v) is 6.05. The van der Waals surface area contributed by atoms with Crippen LogP contribution in [0.25, 0.3) is 0 Å². The number of hydrogen-bond acceptors (Lipinski definition) is 5. The van der Waals surface area contributed by atoms with Crippen molar-refractivity contribution in [2.24, 2.45) is 10.2 Å². The molecule has 0 aliphatic carbocycles. The summed E-state index contributed by atoms with van der Waals surface area (Å²) in [6.07, 6.45) is 1.42. The first kappa shape index (κ1) is 13.6. The predicted octanol–water partition coefficient (Wildman–Crippen LogP) is 2.47. The molecule has 1 saturated heterocycles. The van der Waals surface area contributed by atoms with Gasteiger partial charge in [-0.1, -0.05) is 27.7 Å². The fraction of sp³-hybridized carbons (Fsp3) is 0.100. The van der Waals surface area contributed by atoms with E-state index in [4.69, 9.17) is 0 Å². The molecule has 0 atom stereocenters. The second kappa shape index (κ2) is 5.85. The van der Waals surface area contributed by atoms with Crippen molar-refractivity contribution in [1.29, 1.82) is 0 Å². The molecule has 0 radical (unpaired) electrons. The van der Waals surface area contributed by atoms with Gasteiger partial charge in [-0.15, -0.1) is 5.10 Å². The molecule has 1 aliphatic heterocycles. The molecule has 1 heterocycles. The molecule has 2 rings (SSSR count). The average molecular weight is 393 g/mol. The molecule has 0 saturated carbocycles. The molecular weight excluding hydrogens is 386 g/mol. The summed E-state index contributed by atoms with van der Waals surface area (Å²) in [4.78, 5) is 10.9. The van der Waals surface area contributed by atoms with E-state index in [1.54, 1.807) is 12.1 Å². The minimum atomic E-state index is -0.0815. The van der Waals surface area contributed by atoms with Crippen LogP contribution >= 0.6 is 43.6 Å². The predicted molar refractivity (Wildman–Crippen MR) is 79.1 cm³/mol. The molecule has 1 aliphatic rings. The van der Waals surface area contributed by atoms with Crippen LogP contribution < -0.4 is 5.32 Å². The Hall–Kier alpha value is -0.860. The molecule has 18 heavy (non-hydrogen) atoms. The van der Waals surface area contributed by atoms with Gasteiger partial charge in [0.1, 0.15) is 5.75 Å². The van der Waals surface area contributed by atoms with Gasteiger partial charge < -0.3 is 10.4 Å². The van der Waals surface area contributed by atoms with Gasteiger partial charge >= 0.3 is 0 Å². The summed E-state index contributed by atoms with van der Waals surface area (Å²) in [5.74, 6) is 0.370. The van der Waals surface area contributed by atoms with Crippen molar-refractivity contribution in [3.63, 3.8) is 0 Å². The Morgan fingerprint density at radius 1 is 1.44 bits per heavy atom. The number of amidine groups is 1. The summed E-state index contributed by atoms with van der Waals surface area (Å²) in [6.45, 7) is 0. The largest absolute Gasteiger partial charge is 0.506 e. The normalized spacial score (nSPS) is 17.7. The zero-order valence-corrected chi connectivity index (χ0v) is 12.8. The summed E-state index contributed by atoms with van der Waals surface area (Å²) in [7, 11) is 0. The molecule has 0 spiro atoms. The molecule has 0 aromatic heterocycles. The van der Waals surface area contributed by atoms with E-state index < -0.39 is 0 Å². The summed E-state index contributed by atoms with van der Waals surface area (Å²) >= 11 is 7.83. The average Bonchev–Trinajstić information content (AvgIpc) is 2.71. The Labute approximate surface area is 124 Å². The molecule has 0 bridgehead atoms. The third-order valence-corrected chi connectivity index (χ3v) is 3.92. The summed E-state index contributed by atoms with van der Waals surface area (Å²) in [5, 5.41) is 20.5. The van der Waals surface area contributed by atoms with Gasteiger partial charge in [0.25, 0.3) is 0 Å². The van der Waals surface area contributed by atoms with Crippen molar-refractivity contribution in [2.75, 3.05) is 5.75 Å². The summed E-state index contributed by atoms with van der Waals surface area (Å²) in [5.41, 5.74) is 0.523. The first-order valence-electron chi connectivity index (χ1n) is 4.78. The highest BCUT2D eigenvalue weighted by molar-refractivity contribution is 9.11. The number of hydrogen-bond donors (Lipinski definition) is 2. The fourth-order valence-electron chi connectivity index (χ4n) is 1.21. The Bertz CT molecular complexity index is 560. The van der Waals surface area contributed by atoms with Crippen LogP contribution in [0.1, 0.15) is 5.56 Å². The quantitative estimate of drug-likeness (QED) is 0.599. The maximum atomic E-state index is 10.9. The lowest BCUT2D eigenvalue weighted by Crippen LogP contribution is -2.19. The number of carbonyl (C=O) groups excluding carboxylic acids is 1. The van der Waals surface area contributed by atoms with E-state index >= 15 is 0 Å². The standard InChI is InChI=1S/C10H7Br2N3O2S/c11-6-1-5(9(17)7(12)2-6)3-13-15-10-14-8(16)4-18-10/h1-3,17H,4H2,(H,14,15,16). The van der Waals surface area contributed by atoms with Gasteiger partial charge in [0.2, 0.25) is 5.91 Å². The van der Waals surface area contributed by atoms with Gasteiger partial charge in [-0.25, -0.2) is 0 Å². The molecule has 2 N–H and O–H groups in total. The molecule has 1 aromatic carbocycles. The minimum Gasteiger partial charge on any atom is -0.506 e. The molecular formula is C10H7Br2N3O2S. The van der Waals surface area contributed by atoms with Crippen molar-refractivity contribution >= 4 is 60.9 Å². The number of nitrogens with zero attached hydrogens (tertiary/aromatic N) is 2. The number of benzene rings is 1. The van der Waals surface area contributed by atoms with Crippen molar-refractivity contribution in [2.45, 2.75) is 0 Å². The molecule has 8 heteroatoms. The molecule has 1 aromatic rings. The SMILES string of the molecule is O=C1CSC(=NN=Cc2cc(Br)cc(Br)c2O)N1. The minimum absolute atomic E-state index is 0.0815. The number of halogens is 2. The van der Waals surface area contributed by atoms with Crippen LogP contribution in [0.3, 0.4) is 0 Å². The number of nitrogens with one attached hydrogen (secondary N) is 1. The van der Waals surface area contributed by atoms with Crippen LogP contribution in [0.5, 0.6) is 5.75 Å². The first-order chi connectivity index (χ1) is 8.56. The molecule has 94 valence electrons. The van der Waals surface area contributed by atoms with Gasteiger partial charge in [-0.2, -0.15) is 5.10 Å². The van der Waals surface area contributed by atoms with Gasteiger partial charge in [-0.05, 0) is 28.1 Å². The van der Waals surface area contributed by atoms with Crippen molar-refractivity contribution in [3.05, 3.63) is 26.6 Å². The van der Waals surface area contributed by atoms with E-state index in [1.807, 2.05) is 0 Å². The molecule has 1 amide bonds. The number of rotatable bonds is 2.